The van der Waals surface area contributed by atoms with Crippen LogP contribution < -0.4 is 10.6 Å². The van der Waals surface area contributed by atoms with Crippen LogP contribution in [0.15, 0.2) is 0 Å². The predicted octanol–water partition coefficient (Wildman–Crippen LogP) is 0.431. The van der Waals surface area contributed by atoms with Crippen LogP contribution in [0.1, 0.15) is 38.5 Å². The highest BCUT2D eigenvalue weighted by Crippen LogP contribution is 2.18. The maximum atomic E-state index is 11.9. The molecule has 0 aromatic heterocycles. The van der Waals surface area contributed by atoms with Crippen molar-refractivity contribution in [3.63, 3.8) is 0 Å². The van der Waals surface area contributed by atoms with Crippen LogP contribution in [0, 0.1) is 0 Å². The second-order valence-electron chi connectivity index (χ2n) is 5.36. The summed E-state index contributed by atoms with van der Waals surface area (Å²) in [5.74, 6) is -0.811. The highest BCUT2D eigenvalue weighted by atomic mass is 16.4. The minimum absolute atomic E-state index is 0.00625. The summed E-state index contributed by atoms with van der Waals surface area (Å²) in [5, 5.41) is 14.5. The molecule has 1 aliphatic rings. The van der Waals surface area contributed by atoms with E-state index in [1.54, 1.807) is 0 Å². The molecule has 6 nitrogen and oxygen atoms in total. The Morgan fingerprint density at radius 2 is 2.10 bits per heavy atom. The number of nitrogens with one attached hydrogen (secondary N) is 2. The average molecular weight is 285 g/mol. The van der Waals surface area contributed by atoms with Gasteiger partial charge in [-0.3, -0.25) is 14.5 Å². The number of carbonyl (C=O) groups excluding carboxylic acids is 1. The maximum Gasteiger partial charge on any atom is 0.303 e. The number of likely N-dealkylation sites (tertiary alicyclic amines) is 1. The number of aliphatic carboxylic acids is 1. The molecule has 1 rings (SSSR count). The fraction of sp³-hybridized carbons (Fsp3) is 0.857. The van der Waals surface area contributed by atoms with Gasteiger partial charge in [-0.1, -0.05) is 6.42 Å². The smallest absolute Gasteiger partial charge is 0.303 e. The van der Waals surface area contributed by atoms with Crippen molar-refractivity contribution >= 4 is 11.9 Å². The van der Waals surface area contributed by atoms with E-state index in [4.69, 9.17) is 5.11 Å². The standard InChI is InChI=1S/C14H27N3O3/c1-15-9-7-12-5-2-3-10-17(12)11-13(18)16-8-4-6-14(19)20/h12,15H,2-11H2,1H3,(H,16,18)(H,19,20). The van der Waals surface area contributed by atoms with Crippen LogP contribution in [0.3, 0.4) is 0 Å². The van der Waals surface area contributed by atoms with Crippen LogP contribution in [0.25, 0.3) is 0 Å². The molecule has 0 aliphatic carbocycles. The minimum Gasteiger partial charge on any atom is -0.481 e. The number of hydrogen-bond acceptors (Lipinski definition) is 4. The van der Waals surface area contributed by atoms with Crippen molar-refractivity contribution in [2.45, 2.75) is 44.6 Å². The van der Waals surface area contributed by atoms with Crippen LogP contribution >= 0.6 is 0 Å². The van der Waals surface area contributed by atoms with Gasteiger partial charge in [-0.25, -0.2) is 0 Å². The van der Waals surface area contributed by atoms with Crippen molar-refractivity contribution in [2.24, 2.45) is 0 Å². The van der Waals surface area contributed by atoms with Crippen LogP contribution in [0.4, 0.5) is 0 Å². The Balaban J connectivity index is 2.25. The molecule has 6 heteroatoms. The van der Waals surface area contributed by atoms with Crippen molar-refractivity contribution in [1.82, 2.24) is 15.5 Å². The number of carboxylic acid groups (broad SMARTS) is 1. The number of nitrogens with zero attached hydrogens (tertiary/aromatic N) is 1. The van der Waals surface area contributed by atoms with Gasteiger partial charge < -0.3 is 15.7 Å². The summed E-state index contributed by atoms with van der Waals surface area (Å²) >= 11 is 0. The molecule has 1 unspecified atom stereocenters. The Kier molecular flexibility index (Phi) is 8.22. The van der Waals surface area contributed by atoms with E-state index in [2.05, 4.69) is 15.5 Å². The molecule has 1 aliphatic heterocycles. The molecule has 1 heterocycles. The van der Waals surface area contributed by atoms with E-state index in [0.29, 0.717) is 25.6 Å². The Bertz CT molecular complexity index is 310. The first kappa shape index (κ1) is 16.9. The molecule has 1 amide bonds. The number of hydrogen-bond donors (Lipinski definition) is 3. The Morgan fingerprint density at radius 3 is 2.80 bits per heavy atom. The summed E-state index contributed by atoms with van der Waals surface area (Å²) in [5.41, 5.74) is 0. The van der Waals surface area contributed by atoms with Gasteiger partial charge in [-0.15, -0.1) is 0 Å². The molecular weight excluding hydrogens is 258 g/mol. The van der Waals surface area contributed by atoms with Gasteiger partial charge in [-0.05, 0) is 45.8 Å². The molecule has 116 valence electrons. The van der Waals surface area contributed by atoms with Crippen molar-refractivity contribution in [1.29, 1.82) is 0 Å². The van der Waals surface area contributed by atoms with Crippen LogP contribution in [-0.2, 0) is 9.59 Å². The lowest BCUT2D eigenvalue weighted by Gasteiger charge is -2.35. The highest BCUT2D eigenvalue weighted by molar-refractivity contribution is 5.78. The maximum absolute atomic E-state index is 11.9. The summed E-state index contributed by atoms with van der Waals surface area (Å²) in [6.07, 6.45) is 5.23. The van der Waals surface area contributed by atoms with Crippen molar-refractivity contribution in [2.75, 3.05) is 33.2 Å². The molecule has 0 spiro atoms. The third kappa shape index (κ3) is 6.86. The average Bonchev–Trinajstić information content (AvgIpc) is 2.42. The second kappa shape index (κ2) is 9.72. The summed E-state index contributed by atoms with van der Waals surface area (Å²) in [7, 11) is 1.95. The SMILES string of the molecule is CNCCC1CCCCN1CC(=O)NCCCC(=O)O. The van der Waals surface area contributed by atoms with Gasteiger partial charge in [0.2, 0.25) is 5.91 Å². The van der Waals surface area contributed by atoms with Crippen molar-refractivity contribution in [3.8, 4) is 0 Å². The van der Waals surface area contributed by atoms with Crippen LogP contribution in [-0.4, -0.2) is 61.2 Å². The van der Waals surface area contributed by atoms with Crippen LogP contribution in [0.5, 0.6) is 0 Å². The second-order valence-corrected chi connectivity index (χ2v) is 5.36. The van der Waals surface area contributed by atoms with E-state index in [9.17, 15) is 9.59 Å². The zero-order valence-electron chi connectivity index (χ0n) is 12.4. The van der Waals surface area contributed by atoms with E-state index in [0.717, 1.165) is 32.4 Å². The first-order valence-corrected chi connectivity index (χ1v) is 7.50. The monoisotopic (exact) mass is 285 g/mol. The third-order valence-electron chi connectivity index (χ3n) is 3.71. The number of rotatable bonds is 9. The number of piperidine rings is 1. The fourth-order valence-electron chi connectivity index (χ4n) is 2.61. The van der Waals surface area contributed by atoms with Gasteiger partial charge in [-0.2, -0.15) is 0 Å². The van der Waals surface area contributed by atoms with E-state index >= 15 is 0 Å². The fourth-order valence-corrected chi connectivity index (χ4v) is 2.61. The zero-order valence-corrected chi connectivity index (χ0v) is 12.4. The van der Waals surface area contributed by atoms with Crippen LogP contribution in [0.2, 0.25) is 0 Å². The lowest BCUT2D eigenvalue weighted by atomic mass is 9.99. The third-order valence-corrected chi connectivity index (χ3v) is 3.71. The number of carboxylic acids is 1. The Morgan fingerprint density at radius 1 is 1.30 bits per heavy atom. The van der Waals surface area contributed by atoms with Gasteiger partial charge in [0.1, 0.15) is 0 Å². The topological polar surface area (TPSA) is 81.7 Å². The van der Waals surface area contributed by atoms with Gasteiger partial charge in [0.15, 0.2) is 0 Å². The first-order chi connectivity index (χ1) is 9.63. The summed E-state index contributed by atoms with van der Waals surface area (Å²) in [6, 6.07) is 0.487. The van der Waals surface area contributed by atoms with E-state index < -0.39 is 5.97 Å². The van der Waals surface area contributed by atoms with E-state index in [-0.39, 0.29) is 12.3 Å². The number of carbonyl (C=O) groups is 2. The predicted molar refractivity (Wildman–Crippen MR) is 77.6 cm³/mol. The van der Waals surface area contributed by atoms with E-state index in [1.165, 1.54) is 6.42 Å². The number of amides is 1. The quantitative estimate of drug-likeness (QED) is 0.535. The molecule has 0 radical (unpaired) electrons. The largest absolute Gasteiger partial charge is 0.481 e. The molecule has 0 saturated carbocycles. The molecular formula is C14H27N3O3. The molecule has 1 fully saturated rings. The lowest BCUT2D eigenvalue weighted by Crippen LogP contribution is -2.46. The minimum atomic E-state index is -0.817. The molecule has 0 aromatic rings. The van der Waals surface area contributed by atoms with Gasteiger partial charge in [0, 0.05) is 19.0 Å². The highest BCUT2D eigenvalue weighted by Gasteiger charge is 2.23. The van der Waals surface area contributed by atoms with Gasteiger partial charge in [0.25, 0.3) is 0 Å². The molecule has 0 bridgehead atoms. The van der Waals surface area contributed by atoms with Crippen molar-refractivity contribution in [3.05, 3.63) is 0 Å². The molecule has 20 heavy (non-hydrogen) atoms. The van der Waals surface area contributed by atoms with Crippen molar-refractivity contribution < 1.29 is 14.7 Å². The first-order valence-electron chi connectivity index (χ1n) is 7.50. The van der Waals surface area contributed by atoms with E-state index in [1.807, 2.05) is 7.05 Å². The van der Waals surface area contributed by atoms with Gasteiger partial charge >= 0.3 is 5.97 Å². The Hall–Kier alpha value is -1.14. The normalized spacial score (nSPS) is 19.8. The molecule has 1 atom stereocenters. The zero-order chi connectivity index (χ0) is 14.8. The van der Waals surface area contributed by atoms with Gasteiger partial charge in [0.05, 0.1) is 6.54 Å². The molecule has 1 saturated heterocycles. The lowest BCUT2D eigenvalue weighted by molar-refractivity contribution is -0.137. The summed E-state index contributed by atoms with van der Waals surface area (Å²) < 4.78 is 0. The Labute approximate surface area is 120 Å². The summed E-state index contributed by atoms with van der Waals surface area (Å²) in [4.78, 5) is 24.5. The summed E-state index contributed by atoms with van der Waals surface area (Å²) in [6.45, 7) is 2.83. The molecule has 3 N–H and O–H groups in total. The molecule has 0 aromatic carbocycles.